The molecule has 1 atom stereocenters. The average Bonchev–Trinajstić information content (AvgIpc) is 2.88. The van der Waals surface area contributed by atoms with Gasteiger partial charge in [0, 0.05) is 17.1 Å². The first kappa shape index (κ1) is 18.6. The summed E-state index contributed by atoms with van der Waals surface area (Å²) in [4.78, 5) is 0. The standard InChI is InChI=1S/C14H18BrF2NO2.ClH/c15-9-5-12(16)14(13(17)6-9)20-8-11(19)7-18-10-3-1-2-4-10;/h5-6,10-11,18-19H,1-4,7-8H2;1H/p-1. The Kier molecular flexibility index (Phi) is 7.87. The number of rotatable bonds is 6. The van der Waals surface area contributed by atoms with E-state index in [1.165, 1.54) is 12.8 Å². The highest BCUT2D eigenvalue weighted by Gasteiger charge is 2.17. The van der Waals surface area contributed by atoms with Gasteiger partial charge in [-0.15, -0.1) is 0 Å². The minimum Gasteiger partial charge on any atom is -1.00 e. The quantitative estimate of drug-likeness (QED) is 0.725. The first-order valence-electron chi connectivity index (χ1n) is 6.75. The van der Waals surface area contributed by atoms with Gasteiger partial charge in [0.05, 0.1) is 0 Å². The molecule has 0 aliphatic heterocycles. The van der Waals surface area contributed by atoms with Crippen molar-refractivity contribution in [3.63, 3.8) is 0 Å². The van der Waals surface area contributed by atoms with Crippen molar-refractivity contribution in [3.8, 4) is 5.75 Å². The van der Waals surface area contributed by atoms with E-state index in [2.05, 4.69) is 21.2 Å². The molecule has 0 aromatic heterocycles. The van der Waals surface area contributed by atoms with Crippen LogP contribution in [0.1, 0.15) is 25.7 Å². The summed E-state index contributed by atoms with van der Waals surface area (Å²) >= 11 is 2.99. The van der Waals surface area contributed by atoms with E-state index in [1.54, 1.807) is 0 Å². The van der Waals surface area contributed by atoms with Crippen molar-refractivity contribution in [3.05, 3.63) is 28.2 Å². The first-order valence-corrected chi connectivity index (χ1v) is 7.54. The highest BCUT2D eigenvalue weighted by molar-refractivity contribution is 9.10. The first-order chi connectivity index (χ1) is 9.56. The van der Waals surface area contributed by atoms with Crippen LogP contribution in [-0.2, 0) is 0 Å². The van der Waals surface area contributed by atoms with E-state index >= 15 is 0 Å². The zero-order chi connectivity index (χ0) is 14.5. The second-order valence-corrected chi connectivity index (χ2v) is 5.97. The smallest absolute Gasteiger partial charge is 0.190 e. The Labute approximate surface area is 137 Å². The van der Waals surface area contributed by atoms with Gasteiger partial charge in [0.1, 0.15) is 12.7 Å². The van der Waals surface area contributed by atoms with E-state index < -0.39 is 23.5 Å². The highest BCUT2D eigenvalue weighted by Crippen LogP contribution is 2.26. The summed E-state index contributed by atoms with van der Waals surface area (Å²) in [6.45, 7) is 0.222. The molecule has 0 saturated heterocycles. The summed E-state index contributed by atoms with van der Waals surface area (Å²) < 4.78 is 32.3. The van der Waals surface area contributed by atoms with Gasteiger partial charge in [0.15, 0.2) is 17.4 Å². The van der Waals surface area contributed by atoms with Crippen molar-refractivity contribution in [2.45, 2.75) is 37.8 Å². The van der Waals surface area contributed by atoms with Gasteiger partial charge < -0.3 is 27.6 Å². The number of halogens is 4. The van der Waals surface area contributed by atoms with Gasteiger partial charge in [-0.25, -0.2) is 8.78 Å². The fourth-order valence-corrected chi connectivity index (χ4v) is 2.74. The zero-order valence-corrected chi connectivity index (χ0v) is 13.8. The monoisotopic (exact) mass is 384 g/mol. The SMILES string of the molecule is OC(CNC1CCCC1)COc1c(F)cc(Br)cc1F.[Cl-]. The summed E-state index contributed by atoms with van der Waals surface area (Å²) in [5.41, 5.74) is 0. The van der Waals surface area contributed by atoms with Crippen LogP contribution in [0.4, 0.5) is 8.78 Å². The predicted octanol–water partition coefficient (Wildman–Crippen LogP) is 0.00320. The third kappa shape index (κ3) is 5.70. The third-order valence-corrected chi connectivity index (χ3v) is 3.84. The van der Waals surface area contributed by atoms with Crippen LogP contribution in [0.15, 0.2) is 16.6 Å². The van der Waals surface area contributed by atoms with Gasteiger partial charge in [-0.1, -0.05) is 28.8 Å². The van der Waals surface area contributed by atoms with Crippen molar-refractivity contribution >= 4 is 15.9 Å². The normalized spacial score (nSPS) is 16.6. The molecule has 1 unspecified atom stereocenters. The second kappa shape index (κ2) is 8.88. The highest BCUT2D eigenvalue weighted by atomic mass is 79.9. The molecule has 2 rings (SSSR count). The maximum absolute atomic E-state index is 13.5. The molecule has 120 valence electrons. The number of nitrogens with one attached hydrogen (secondary N) is 1. The van der Waals surface area contributed by atoms with E-state index in [1.807, 2.05) is 0 Å². The fourth-order valence-electron chi connectivity index (χ4n) is 2.34. The molecule has 0 heterocycles. The van der Waals surface area contributed by atoms with Crippen LogP contribution in [0.5, 0.6) is 5.75 Å². The number of aliphatic hydroxyl groups excluding tert-OH is 1. The Hall–Kier alpha value is -0.430. The summed E-state index contributed by atoms with van der Waals surface area (Å²) in [7, 11) is 0. The van der Waals surface area contributed by atoms with Crippen molar-refractivity contribution < 1.29 is 31.0 Å². The van der Waals surface area contributed by atoms with E-state index in [9.17, 15) is 13.9 Å². The second-order valence-electron chi connectivity index (χ2n) is 5.05. The van der Waals surface area contributed by atoms with Crippen molar-refractivity contribution in [2.75, 3.05) is 13.2 Å². The Morgan fingerprint density at radius 2 is 1.86 bits per heavy atom. The van der Waals surface area contributed by atoms with Gasteiger partial charge >= 0.3 is 0 Å². The third-order valence-electron chi connectivity index (χ3n) is 3.38. The van der Waals surface area contributed by atoms with Crippen molar-refractivity contribution in [2.24, 2.45) is 0 Å². The number of benzene rings is 1. The number of hydrogen-bond donors (Lipinski definition) is 2. The summed E-state index contributed by atoms with van der Waals surface area (Å²) in [6.07, 6.45) is 3.85. The maximum atomic E-state index is 13.5. The van der Waals surface area contributed by atoms with E-state index in [0.29, 0.717) is 17.1 Å². The van der Waals surface area contributed by atoms with Crippen LogP contribution in [0.3, 0.4) is 0 Å². The minimum absolute atomic E-state index is 0. The lowest BCUT2D eigenvalue weighted by Gasteiger charge is -2.17. The molecular weight excluding hydrogens is 368 g/mol. The van der Waals surface area contributed by atoms with Crippen LogP contribution in [0.2, 0.25) is 0 Å². The molecule has 2 N–H and O–H groups in total. The Morgan fingerprint density at radius 1 is 1.29 bits per heavy atom. The molecule has 21 heavy (non-hydrogen) atoms. The Bertz CT molecular complexity index is 436. The van der Waals surface area contributed by atoms with Gasteiger partial charge in [-0.3, -0.25) is 0 Å². The predicted molar refractivity (Wildman–Crippen MR) is 75.8 cm³/mol. The lowest BCUT2D eigenvalue weighted by Crippen LogP contribution is -3.00. The molecule has 1 saturated carbocycles. The summed E-state index contributed by atoms with van der Waals surface area (Å²) in [6, 6.07) is 2.69. The molecule has 0 amide bonds. The molecule has 1 aliphatic carbocycles. The fraction of sp³-hybridized carbons (Fsp3) is 0.571. The molecule has 0 radical (unpaired) electrons. The van der Waals surface area contributed by atoms with Crippen LogP contribution < -0.4 is 22.5 Å². The van der Waals surface area contributed by atoms with Crippen LogP contribution in [0.25, 0.3) is 0 Å². The molecule has 1 aromatic rings. The molecule has 3 nitrogen and oxygen atoms in total. The van der Waals surface area contributed by atoms with E-state index in [0.717, 1.165) is 25.0 Å². The topological polar surface area (TPSA) is 41.5 Å². The van der Waals surface area contributed by atoms with Gasteiger partial charge in [0.2, 0.25) is 0 Å². The minimum atomic E-state index is -0.793. The molecule has 1 fully saturated rings. The molecular formula is C14H18BrClF2NO2-. The van der Waals surface area contributed by atoms with Gasteiger partial charge in [-0.05, 0) is 25.0 Å². The lowest BCUT2D eigenvalue weighted by molar-refractivity contribution is -0.00000712. The Balaban J connectivity index is 0.00000220. The molecule has 0 bridgehead atoms. The average molecular weight is 386 g/mol. The summed E-state index contributed by atoms with van der Waals surface area (Å²) in [5, 5.41) is 13.0. The van der Waals surface area contributed by atoms with Crippen LogP contribution >= 0.6 is 15.9 Å². The number of hydrogen-bond acceptors (Lipinski definition) is 3. The van der Waals surface area contributed by atoms with Crippen molar-refractivity contribution in [1.29, 1.82) is 0 Å². The molecule has 7 heteroatoms. The molecule has 1 aromatic carbocycles. The van der Waals surface area contributed by atoms with E-state index in [-0.39, 0.29) is 19.0 Å². The maximum Gasteiger partial charge on any atom is 0.190 e. The molecule has 1 aliphatic rings. The van der Waals surface area contributed by atoms with Crippen LogP contribution in [0, 0.1) is 11.6 Å². The van der Waals surface area contributed by atoms with Gasteiger partial charge in [-0.2, -0.15) is 0 Å². The van der Waals surface area contributed by atoms with Crippen LogP contribution in [-0.4, -0.2) is 30.4 Å². The lowest BCUT2D eigenvalue weighted by atomic mass is 10.2. The van der Waals surface area contributed by atoms with Gasteiger partial charge in [0.25, 0.3) is 0 Å². The van der Waals surface area contributed by atoms with Crippen molar-refractivity contribution in [1.82, 2.24) is 5.32 Å². The molecule has 0 spiro atoms. The Morgan fingerprint density at radius 3 is 2.43 bits per heavy atom. The largest absolute Gasteiger partial charge is 1.00 e. The number of ether oxygens (including phenoxy) is 1. The van der Waals surface area contributed by atoms with E-state index in [4.69, 9.17) is 4.74 Å². The number of aliphatic hydroxyl groups is 1. The summed E-state index contributed by atoms with van der Waals surface area (Å²) in [5.74, 6) is -2.02. The zero-order valence-electron chi connectivity index (χ0n) is 11.4.